The molecule has 0 bridgehead atoms. The summed E-state index contributed by atoms with van der Waals surface area (Å²) in [5.41, 5.74) is 3.37. The minimum absolute atomic E-state index is 0.0755. The second kappa shape index (κ2) is 8.20. The number of esters is 1. The lowest BCUT2D eigenvalue weighted by molar-refractivity contribution is 0.0462. The molecule has 1 saturated carbocycles. The van der Waals surface area contributed by atoms with Gasteiger partial charge in [0.25, 0.3) is 5.82 Å². The Morgan fingerprint density at radius 3 is 2.59 bits per heavy atom. The lowest BCUT2D eigenvalue weighted by atomic mass is 10.1. The van der Waals surface area contributed by atoms with Gasteiger partial charge >= 0.3 is 5.97 Å². The monoisotopic (exact) mass is 446 g/mol. The number of carbonyl (C=O) groups excluding carboxylic acids is 2. The highest BCUT2D eigenvalue weighted by atomic mass is 32.1. The van der Waals surface area contributed by atoms with Gasteiger partial charge in [0, 0.05) is 23.0 Å². The molecule has 7 nitrogen and oxygen atoms in total. The second-order valence-electron chi connectivity index (χ2n) is 7.87. The van der Waals surface area contributed by atoms with Gasteiger partial charge in [0.2, 0.25) is 5.78 Å². The van der Waals surface area contributed by atoms with E-state index in [1.807, 2.05) is 67.8 Å². The molecule has 0 amide bonds. The first-order chi connectivity index (χ1) is 15.5. The van der Waals surface area contributed by atoms with E-state index in [1.54, 1.807) is 4.68 Å². The number of thiophene rings is 1. The van der Waals surface area contributed by atoms with Gasteiger partial charge in [-0.05, 0) is 56.3 Å². The summed E-state index contributed by atoms with van der Waals surface area (Å²) < 4.78 is 9.13. The smallest absolute Gasteiger partial charge is 0.378 e. The number of rotatable bonds is 7. The molecule has 0 spiro atoms. The Hall–Kier alpha value is -3.52. The molecular formula is C24H22N4O3S. The Balaban J connectivity index is 1.36. The Morgan fingerprint density at radius 1 is 1.12 bits per heavy atom. The van der Waals surface area contributed by atoms with Gasteiger partial charge in [0.1, 0.15) is 0 Å². The minimum atomic E-state index is -0.721. The van der Waals surface area contributed by atoms with Crippen LogP contribution in [0.25, 0.3) is 16.4 Å². The Labute approximate surface area is 189 Å². The van der Waals surface area contributed by atoms with Gasteiger partial charge in [-0.2, -0.15) is 4.98 Å². The molecule has 1 aliphatic rings. The van der Waals surface area contributed by atoms with Crippen molar-refractivity contribution in [3.63, 3.8) is 0 Å². The van der Waals surface area contributed by atoms with Crippen LogP contribution in [-0.4, -0.2) is 37.7 Å². The molecule has 3 aromatic heterocycles. The Kier molecular flexibility index (Phi) is 5.22. The van der Waals surface area contributed by atoms with Crippen molar-refractivity contribution in [1.82, 2.24) is 19.3 Å². The van der Waals surface area contributed by atoms with Crippen molar-refractivity contribution in [2.45, 2.75) is 32.7 Å². The summed E-state index contributed by atoms with van der Waals surface area (Å²) in [4.78, 5) is 30.8. The van der Waals surface area contributed by atoms with Gasteiger partial charge in [-0.15, -0.1) is 16.4 Å². The average molecular weight is 447 g/mol. The van der Waals surface area contributed by atoms with Crippen LogP contribution in [-0.2, 0) is 4.74 Å². The van der Waals surface area contributed by atoms with Crippen LogP contribution in [0.15, 0.2) is 53.9 Å². The number of Topliss-reactive ketones (excluding diaryl/α,β-unsaturated/α-hetero) is 1. The lowest BCUT2D eigenvalue weighted by Crippen LogP contribution is -2.16. The number of carbonyl (C=O) groups is 2. The highest BCUT2D eigenvalue weighted by Gasteiger charge is 2.29. The number of nitrogens with zero attached hydrogens (tertiary/aromatic N) is 4. The quantitative estimate of drug-likeness (QED) is 0.301. The first-order valence-electron chi connectivity index (χ1n) is 10.5. The van der Waals surface area contributed by atoms with Crippen LogP contribution in [0.4, 0.5) is 0 Å². The van der Waals surface area contributed by atoms with E-state index in [1.165, 1.54) is 11.3 Å². The van der Waals surface area contributed by atoms with Crippen molar-refractivity contribution in [2.24, 2.45) is 0 Å². The van der Waals surface area contributed by atoms with E-state index in [-0.39, 0.29) is 18.2 Å². The van der Waals surface area contributed by atoms with Crippen LogP contribution in [0, 0.1) is 13.8 Å². The molecule has 1 aromatic carbocycles. The highest BCUT2D eigenvalue weighted by molar-refractivity contribution is 7.13. The van der Waals surface area contributed by atoms with Crippen LogP contribution in [0.3, 0.4) is 0 Å². The Bertz CT molecular complexity index is 1280. The fourth-order valence-electron chi connectivity index (χ4n) is 3.94. The first kappa shape index (κ1) is 20.4. The van der Waals surface area contributed by atoms with Crippen molar-refractivity contribution in [3.05, 3.63) is 76.7 Å². The highest BCUT2D eigenvalue weighted by Crippen LogP contribution is 2.38. The molecular weight excluding hydrogens is 424 g/mol. The number of hydrogen-bond donors (Lipinski definition) is 0. The summed E-state index contributed by atoms with van der Waals surface area (Å²) in [7, 11) is 0. The lowest BCUT2D eigenvalue weighted by Gasteiger charge is -2.07. The maximum atomic E-state index is 12.8. The van der Waals surface area contributed by atoms with Crippen molar-refractivity contribution in [3.8, 4) is 16.4 Å². The third-order valence-corrected chi connectivity index (χ3v) is 6.43. The fourth-order valence-corrected chi connectivity index (χ4v) is 4.64. The van der Waals surface area contributed by atoms with Crippen molar-refractivity contribution < 1.29 is 14.3 Å². The predicted octanol–water partition coefficient (Wildman–Crippen LogP) is 4.79. The van der Waals surface area contributed by atoms with Crippen LogP contribution >= 0.6 is 11.3 Å². The van der Waals surface area contributed by atoms with E-state index >= 15 is 0 Å². The summed E-state index contributed by atoms with van der Waals surface area (Å²) in [5, 5.41) is 6.32. The largest absolute Gasteiger partial charge is 0.451 e. The summed E-state index contributed by atoms with van der Waals surface area (Å²) in [6.45, 7) is 3.60. The van der Waals surface area contributed by atoms with Crippen LogP contribution < -0.4 is 0 Å². The molecule has 8 heteroatoms. The summed E-state index contributed by atoms with van der Waals surface area (Å²) in [6, 6.07) is 15.7. The molecule has 1 fully saturated rings. The number of ketones is 1. The number of para-hydroxylation sites is 1. The van der Waals surface area contributed by atoms with Crippen LogP contribution in [0.5, 0.6) is 0 Å². The zero-order valence-electron chi connectivity index (χ0n) is 17.8. The molecule has 0 N–H and O–H groups in total. The van der Waals surface area contributed by atoms with Gasteiger partial charge in [0.15, 0.2) is 12.4 Å². The van der Waals surface area contributed by atoms with E-state index < -0.39 is 5.97 Å². The van der Waals surface area contributed by atoms with E-state index in [2.05, 4.69) is 14.6 Å². The van der Waals surface area contributed by atoms with E-state index in [4.69, 9.17) is 4.74 Å². The van der Waals surface area contributed by atoms with Crippen molar-refractivity contribution >= 4 is 23.1 Å². The van der Waals surface area contributed by atoms with Crippen LogP contribution in [0.2, 0.25) is 0 Å². The number of benzene rings is 1. The van der Waals surface area contributed by atoms with Gasteiger partial charge in [-0.25, -0.2) is 9.48 Å². The van der Waals surface area contributed by atoms with Crippen molar-refractivity contribution in [1.29, 1.82) is 0 Å². The topological polar surface area (TPSA) is 79.0 Å². The van der Waals surface area contributed by atoms with E-state index in [9.17, 15) is 9.59 Å². The molecule has 0 aliphatic heterocycles. The Morgan fingerprint density at radius 2 is 1.91 bits per heavy atom. The summed E-state index contributed by atoms with van der Waals surface area (Å²) in [6.07, 6.45) is 2.28. The van der Waals surface area contributed by atoms with E-state index in [0.717, 1.165) is 34.8 Å². The molecule has 4 aromatic rings. The normalized spacial score (nSPS) is 13.3. The second-order valence-corrected chi connectivity index (χ2v) is 8.82. The third kappa shape index (κ3) is 3.78. The van der Waals surface area contributed by atoms with Crippen molar-refractivity contribution in [2.75, 3.05) is 6.61 Å². The molecule has 0 saturated heterocycles. The maximum Gasteiger partial charge on any atom is 0.378 e. The van der Waals surface area contributed by atoms with Gasteiger partial charge in [-0.3, -0.25) is 4.79 Å². The zero-order valence-corrected chi connectivity index (χ0v) is 18.6. The SMILES string of the molecule is Cc1cc(C(=O)COC(=O)c2nc(-c3cccs3)n(-c3ccccc3)n2)c(C)n1C1CC1. The minimum Gasteiger partial charge on any atom is -0.451 e. The van der Waals surface area contributed by atoms with Crippen LogP contribution in [0.1, 0.15) is 51.2 Å². The first-order valence-corrected chi connectivity index (χ1v) is 11.4. The summed E-state index contributed by atoms with van der Waals surface area (Å²) >= 11 is 1.51. The molecule has 0 radical (unpaired) electrons. The van der Waals surface area contributed by atoms with E-state index in [0.29, 0.717) is 17.4 Å². The zero-order chi connectivity index (χ0) is 22.2. The molecule has 0 unspecified atom stereocenters. The molecule has 162 valence electrons. The third-order valence-electron chi connectivity index (χ3n) is 5.56. The van der Waals surface area contributed by atoms with Gasteiger partial charge in [0.05, 0.1) is 10.6 Å². The van der Waals surface area contributed by atoms with Gasteiger partial charge in [-0.1, -0.05) is 24.3 Å². The summed E-state index contributed by atoms with van der Waals surface area (Å²) in [5.74, 6) is -0.466. The maximum absolute atomic E-state index is 12.8. The number of ether oxygens (including phenoxy) is 1. The average Bonchev–Trinajstić information content (AvgIpc) is 3.20. The molecule has 1 aliphatic carbocycles. The molecule has 3 heterocycles. The van der Waals surface area contributed by atoms with Gasteiger partial charge < -0.3 is 9.30 Å². The number of aryl methyl sites for hydroxylation is 1. The predicted molar refractivity (Wildman–Crippen MR) is 121 cm³/mol. The number of aromatic nitrogens is 4. The standard InChI is InChI=1S/C24H22N4O3S/c1-15-13-19(16(2)27(15)17-10-11-17)20(29)14-31-24(30)22-25-23(21-9-6-12-32-21)28(26-22)18-7-4-3-5-8-18/h3-9,12-13,17H,10-11,14H2,1-2H3. The fraction of sp³-hybridized carbons (Fsp3) is 0.250. The number of hydrogen-bond acceptors (Lipinski definition) is 6. The molecule has 0 atom stereocenters. The molecule has 5 rings (SSSR count). The molecule has 32 heavy (non-hydrogen) atoms.